The van der Waals surface area contributed by atoms with Gasteiger partial charge in [0.2, 0.25) is 0 Å². The molecule has 5 nitrogen and oxygen atoms in total. The highest BCUT2D eigenvalue weighted by molar-refractivity contribution is 14.0. The van der Waals surface area contributed by atoms with E-state index < -0.39 is 5.97 Å². The fourth-order valence-electron chi connectivity index (χ4n) is 0.905. The lowest BCUT2D eigenvalue weighted by Gasteiger charge is -1.94. The third-order valence-corrected chi connectivity index (χ3v) is 2.23. The number of thioether (sulfide) groups is 1. The fraction of sp³-hybridized carbons (Fsp3) is 0.100. The highest BCUT2D eigenvalue weighted by atomic mass is 127. The molecule has 92 valence electrons. The molecule has 7 heteroatoms. The van der Waals surface area contributed by atoms with Gasteiger partial charge in [-0.25, -0.2) is 4.79 Å². The van der Waals surface area contributed by atoms with E-state index in [4.69, 9.17) is 10.8 Å². The first-order chi connectivity index (χ1) is 7.63. The molecule has 0 aromatic heterocycles. The van der Waals surface area contributed by atoms with Crippen molar-refractivity contribution in [3.63, 3.8) is 0 Å². The van der Waals surface area contributed by atoms with E-state index in [1.54, 1.807) is 18.4 Å². The zero-order valence-corrected chi connectivity index (χ0v) is 12.2. The molecule has 0 fully saturated rings. The van der Waals surface area contributed by atoms with Crippen LogP contribution in [0.5, 0.6) is 0 Å². The van der Waals surface area contributed by atoms with Crippen molar-refractivity contribution in [3.05, 3.63) is 35.4 Å². The van der Waals surface area contributed by atoms with Crippen molar-refractivity contribution in [2.24, 2.45) is 15.9 Å². The predicted octanol–water partition coefficient (Wildman–Crippen LogP) is 2.01. The number of carboxylic acids is 1. The summed E-state index contributed by atoms with van der Waals surface area (Å²) < 4.78 is 0. The molecule has 1 aromatic rings. The van der Waals surface area contributed by atoms with Gasteiger partial charge in [-0.3, -0.25) is 0 Å². The molecule has 3 N–H and O–H groups in total. The molecule has 0 radical (unpaired) electrons. The first-order valence-electron chi connectivity index (χ1n) is 4.37. The van der Waals surface area contributed by atoms with Gasteiger partial charge in [0, 0.05) is 0 Å². The third kappa shape index (κ3) is 5.68. The summed E-state index contributed by atoms with van der Waals surface area (Å²) in [7, 11) is 0. The Hall–Kier alpha value is -1.09. The summed E-state index contributed by atoms with van der Waals surface area (Å²) in [6.07, 6.45) is 3.31. The summed E-state index contributed by atoms with van der Waals surface area (Å²) >= 11 is 1.30. The SMILES string of the molecule is CSC(N)=N/N=C/c1ccc(C(=O)O)cc1.I. The van der Waals surface area contributed by atoms with Crippen LogP contribution in [-0.4, -0.2) is 28.7 Å². The Labute approximate surface area is 120 Å². The van der Waals surface area contributed by atoms with Gasteiger partial charge in [0.1, 0.15) is 0 Å². The van der Waals surface area contributed by atoms with Crippen molar-refractivity contribution in [3.8, 4) is 0 Å². The minimum Gasteiger partial charge on any atom is -0.478 e. The highest BCUT2D eigenvalue weighted by Crippen LogP contribution is 2.02. The molecular formula is C10H12IN3O2S. The Morgan fingerprint density at radius 2 is 2.00 bits per heavy atom. The number of hydrogen-bond acceptors (Lipinski definition) is 4. The fourth-order valence-corrected chi connectivity index (χ4v) is 1.03. The molecule has 1 aromatic carbocycles. The van der Waals surface area contributed by atoms with Crippen molar-refractivity contribution < 1.29 is 9.90 Å². The van der Waals surface area contributed by atoms with Crippen LogP contribution in [-0.2, 0) is 0 Å². The third-order valence-electron chi connectivity index (χ3n) is 1.73. The maximum Gasteiger partial charge on any atom is 0.335 e. The van der Waals surface area contributed by atoms with Crippen LogP contribution in [0.3, 0.4) is 0 Å². The van der Waals surface area contributed by atoms with Crippen molar-refractivity contribution in [1.82, 2.24) is 0 Å². The van der Waals surface area contributed by atoms with E-state index in [-0.39, 0.29) is 29.5 Å². The van der Waals surface area contributed by atoms with Crippen molar-refractivity contribution in [2.45, 2.75) is 0 Å². The summed E-state index contributed by atoms with van der Waals surface area (Å²) in [4.78, 5) is 10.6. The van der Waals surface area contributed by atoms with Crippen molar-refractivity contribution >= 4 is 53.1 Å². The summed E-state index contributed by atoms with van der Waals surface area (Å²) in [5.41, 5.74) is 6.43. The highest BCUT2D eigenvalue weighted by Gasteiger charge is 1.99. The molecule has 0 aliphatic heterocycles. The first-order valence-corrected chi connectivity index (χ1v) is 5.60. The second-order valence-electron chi connectivity index (χ2n) is 2.81. The maximum atomic E-state index is 10.6. The predicted molar refractivity (Wildman–Crippen MR) is 81.5 cm³/mol. The smallest absolute Gasteiger partial charge is 0.335 e. The topological polar surface area (TPSA) is 88.0 Å². The van der Waals surface area contributed by atoms with Gasteiger partial charge in [0.05, 0.1) is 11.8 Å². The average molecular weight is 365 g/mol. The molecule has 0 bridgehead atoms. The normalized spacial score (nSPS) is 11.2. The van der Waals surface area contributed by atoms with Crippen molar-refractivity contribution in [2.75, 3.05) is 6.26 Å². The lowest BCUT2D eigenvalue weighted by atomic mass is 10.1. The van der Waals surface area contributed by atoms with E-state index in [1.165, 1.54) is 30.1 Å². The summed E-state index contributed by atoms with van der Waals surface area (Å²) in [6, 6.07) is 6.31. The molecule has 0 spiro atoms. The number of carbonyl (C=O) groups is 1. The van der Waals surface area contributed by atoms with Crippen LogP contribution in [0.4, 0.5) is 0 Å². The first kappa shape index (κ1) is 15.9. The van der Waals surface area contributed by atoms with Gasteiger partial charge in [0.25, 0.3) is 0 Å². The number of aromatic carboxylic acids is 1. The zero-order valence-electron chi connectivity index (χ0n) is 9.03. The van der Waals surface area contributed by atoms with Crippen LogP contribution < -0.4 is 5.73 Å². The lowest BCUT2D eigenvalue weighted by molar-refractivity contribution is 0.0697. The number of carboxylic acid groups (broad SMARTS) is 1. The van der Waals surface area contributed by atoms with Gasteiger partial charge in [-0.05, 0) is 24.0 Å². The molecule has 0 saturated heterocycles. The average Bonchev–Trinajstić information content (AvgIpc) is 2.29. The Morgan fingerprint density at radius 1 is 1.41 bits per heavy atom. The number of rotatable bonds is 3. The van der Waals surface area contributed by atoms with Gasteiger partial charge >= 0.3 is 5.97 Å². The van der Waals surface area contributed by atoms with E-state index in [9.17, 15) is 4.79 Å². The molecule has 0 aliphatic carbocycles. The summed E-state index contributed by atoms with van der Waals surface area (Å²) in [6.45, 7) is 0. The number of nitrogens with two attached hydrogens (primary N) is 1. The quantitative estimate of drug-likeness (QED) is 0.371. The molecule has 0 amide bonds. The molecule has 0 heterocycles. The van der Waals surface area contributed by atoms with Crippen LogP contribution in [0.1, 0.15) is 15.9 Å². The van der Waals surface area contributed by atoms with E-state index in [0.29, 0.717) is 5.17 Å². The lowest BCUT2D eigenvalue weighted by Crippen LogP contribution is -2.03. The Morgan fingerprint density at radius 3 is 2.47 bits per heavy atom. The van der Waals surface area contributed by atoms with Crippen molar-refractivity contribution in [1.29, 1.82) is 0 Å². The van der Waals surface area contributed by atoms with Gasteiger partial charge in [0.15, 0.2) is 5.17 Å². The second kappa shape index (κ2) is 8.07. The zero-order chi connectivity index (χ0) is 12.0. The monoisotopic (exact) mass is 365 g/mol. The van der Waals surface area contributed by atoms with E-state index in [0.717, 1.165) is 5.56 Å². The maximum absolute atomic E-state index is 10.6. The van der Waals surface area contributed by atoms with Crippen LogP contribution in [0, 0.1) is 0 Å². The minimum absolute atomic E-state index is 0. The Kier molecular flexibility index (Phi) is 7.55. The standard InChI is InChI=1S/C10H11N3O2S.HI/c1-16-10(11)13-12-6-7-2-4-8(5-3-7)9(14)15;/h2-6H,1H3,(H2,11,13)(H,14,15);1H/b12-6+;. The molecule has 0 saturated carbocycles. The van der Waals surface area contributed by atoms with Crippen LogP contribution in [0.2, 0.25) is 0 Å². The van der Waals surface area contributed by atoms with Crippen LogP contribution >= 0.6 is 35.7 Å². The van der Waals surface area contributed by atoms with E-state index in [2.05, 4.69) is 10.2 Å². The molecular weight excluding hydrogens is 353 g/mol. The molecule has 0 atom stereocenters. The second-order valence-corrected chi connectivity index (χ2v) is 3.64. The summed E-state index contributed by atoms with van der Waals surface area (Å²) in [5.74, 6) is -0.951. The van der Waals surface area contributed by atoms with Gasteiger partial charge < -0.3 is 10.8 Å². The largest absolute Gasteiger partial charge is 0.478 e. The molecule has 1 rings (SSSR count). The number of halogens is 1. The molecule has 17 heavy (non-hydrogen) atoms. The Bertz CT molecular complexity index is 432. The van der Waals surface area contributed by atoms with Gasteiger partial charge in [-0.1, -0.05) is 23.9 Å². The minimum atomic E-state index is -0.951. The van der Waals surface area contributed by atoms with Crippen LogP contribution in [0.25, 0.3) is 0 Å². The van der Waals surface area contributed by atoms with Gasteiger partial charge in [-0.15, -0.1) is 29.1 Å². The van der Waals surface area contributed by atoms with Gasteiger partial charge in [-0.2, -0.15) is 5.10 Å². The van der Waals surface area contributed by atoms with Crippen LogP contribution in [0.15, 0.2) is 34.5 Å². The number of amidine groups is 1. The molecule has 0 unspecified atom stereocenters. The summed E-state index contributed by atoms with van der Waals surface area (Å²) in [5, 5.41) is 16.5. The Balaban J connectivity index is 0.00000256. The number of nitrogens with zero attached hydrogens (tertiary/aromatic N) is 2. The van der Waals surface area contributed by atoms with E-state index in [1.807, 2.05) is 0 Å². The number of hydrogen-bond donors (Lipinski definition) is 2. The molecule has 0 aliphatic rings. The number of benzene rings is 1. The van der Waals surface area contributed by atoms with E-state index >= 15 is 0 Å².